The Labute approximate surface area is 276 Å². The molecule has 1 N–H and O–H groups in total. The van der Waals surface area contributed by atoms with Crippen LogP contribution in [0.5, 0.6) is 0 Å². The molecule has 0 saturated carbocycles. The number of aromatic nitrogens is 5. The number of nitrogens with zero attached hydrogens (tertiary/aromatic N) is 8. The van der Waals surface area contributed by atoms with Crippen LogP contribution in [0.1, 0.15) is 49.8 Å². The van der Waals surface area contributed by atoms with Crippen molar-refractivity contribution in [1.29, 1.82) is 0 Å². The van der Waals surface area contributed by atoms with Gasteiger partial charge in [0.1, 0.15) is 6.33 Å². The number of hydrogen-bond acceptors (Lipinski definition) is 7. The number of rotatable bonds is 8. The van der Waals surface area contributed by atoms with Gasteiger partial charge in [0.05, 0.1) is 18.0 Å². The van der Waals surface area contributed by atoms with Gasteiger partial charge in [-0.15, -0.1) is 0 Å². The van der Waals surface area contributed by atoms with Gasteiger partial charge in [-0.05, 0) is 88.6 Å². The van der Waals surface area contributed by atoms with Gasteiger partial charge in [-0.1, -0.05) is 30.3 Å². The van der Waals surface area contributed by atoms with Gasteiger partial charge in [0.25, 0.3) is 0 Å². The van der Waals surface area contributed by atoms with Crippen LogP contribution in [-0.4, -0.2) is 111 Å². The molecule has 2 aromatic heterocycles. The van der Waals surface area contributed by atoms with Crippen molar-refractivity contribution in [3.8, 4) is 11.4 Å². The van der Waals surface area contributed by atoms with Crippen LogP contribution in [0, 0.1) is 5.92 Å². The summed E-state index contributed by atoms with van der Waals surface area (Å²) in [4.78, 5) is 39.8. The number of carbonyl (C=O) groups excluding carboxylic acids is 2. The molecule has 5 heterocycles. The van der Waals surface area contributed by atoms with Gasteiger partial charge in [0, 0.05) is 61.5 Å². The number of aryl methyl sites for hydroxylation is 1. The van der Waals surface area contributed by atoms with Crippen LogP contribution < -0.4 is 4.90 Å². The Hall–Kier alpha value is -4.35. The first-order valence-electron chi connectivity index (χ1n) is 17.0. The number of nitrogens with one attached hydrogen (secondary N) is 1. The molecule has 0 aliphatic carbocycles. The minimum absolute atomic E-state index is 0.117. The average Bonchev–Trinajstić information content (AvgIpc) is 3.86. The molecule has 0 bridgehead atoms. The van der Waals surface area contributed by atoms with E-state index in [1.165, 1.54) is 16.8 Å². The normalized spacial score (nSPS) is 19.8. The first kappa shape index (κ1) is 31.3. The molecule has 7 rings (SSSR count). The number of aromatic amines is 1. The maximum absolute atomic E-state index is 13.8. The number of anilines is 1. The average molecular weight is 636 g/mol. The summed E-state index contributed by atoms with van der Waals surface area (Å²) >= 11 is 0. The number of fused-ring (bicyclic) bond motifs is 1. The standard InChI is InChI=1S/C36H45N9O2/c1-4-45(30-9-10-32-31(21-30)34(39-38-32)27-11-16-41(2)17-12-27)36(47)29-13-18-43(22-29)23-33(46)44-19-14-26(15-20-44)25-5-7-28(8-6-25)35-37-24-42(3)40-35/h5-10,14,21,24,27,29H,4,11-13,15-20,22-23H2,1-3H3,(H,38,39)/t29-/m1/s1. The highest BCUT2D eigenvalue weighted by Crippen LogP contribution is 2.34. The van der Waals surface area contributed by atoms with Crippen molar-refractivity contribution in [3.05, 3.63) is 66.1 Å². The summed E-state index contributed by atoms with van der Waals surface area (Å²) in [6.07, 6.45) is 7.68. The molecular formula is C36H45N9O2. The van der Waals surface area contributed by atoms with Crippen molar-refractivity contribution >= 4 is 34.0 Å². The second-order valence-corrected chi connectivity index (χ2v) is 13.4. The zero-order valence-corrected chi connectivity index (χ0v) is 27.7. The van der Waals surface area contributed by atoms with E-state index < -0.39 is 0 Å². The highest BCUT2D eigenvalue weighted by Gasteiger charge is 2.33. The van der Waals surface area contributed by atoms with Gasteiger partial charge >= 0.3 is 0 Å². The lowest BCUT2D eigenvalue weighted by Gasteiger charge is -2.29. The maximum atomic E-state index is 13.8. The molecule has 0 radical (unpaired) electrons. The second-order valence-electron chi connectivity index (χ2n) is 13.4. The Morgan fingerprint density at radius 3 is 2.47 bits per heavy atom. The molecule has 2 saturated heterocycles. The summed E-state index contributed by atoms with van der Waals surface area (Å²) in [5.74, 6) is 1.33. The Kier molecular flexibility index (Phi) is 8.92. The molecular weight excluding hydrogens is 590 g/mol. The molecule has 0 unspecified atom stereocenters. The fourth-order valence-electron chi connectivity index (χ4n) is 7.41. The number of carbonyl (C=O) groups is 2. The van der Waals surface area contributed by atoms with E-state index >= 15 is 0 Å². The predicted octanol–water partition coefficient (Wildman–Crippen LogP) is 4.16. The zero-order chi connectivity index (χ0) is 32.5. The van der Waals surface area contributed by atoms with Gasteiger partial charge < -0.3 is 14.7 Å². The molecule has 1 atom stereocenters. The third kappa shape index (κ3) is 6.59. The molecule has 2 aromatic carbocycles. The van der Waals surface area contributed by atoms with Crippen LogP contribution in [0.4, 0.5) is 5.69 Å². The highest BCUT2D eigenvalue weighted by atomic mass is 16.2. The van der Waals surface area contributed by atoms with Crippen LogP contribution >= 0.6 is 0 Å². The van der Waals surface area contributed by atoms with Gasteiger partial charge in [-0.2, -0.15) is 10.2 Å². The van der Waals surface area contributed by atoms with Gasteiger partial charge in [0.15, 0.2) is 5.82 Å². The quantitative estimate of drug-likeness (QED) is 0.310. The summed E-state index contributed by atoms with van der Waals surface area (Å²) in [7, 11) is 4.04. The van der Waals surface area contributed by atoms with E-state index in [9.17, 15) is 9.59 Å². The molecule has 11 nitrogen and oxygen atoms in total. The Morgan fingerprint density at radius 2 is 1.77 bits per heavy atom. The van der Waals surface area contributed by atoms with Crippen LogP contribution in [-0.2, 0) is 16.6 Å². The van der Waals surface area contributed by atoms with E-state index in [1.54, 1.807) is 11.0 Å². The molecule has 4 aromatic rings. The molecule has 11 heteroatoms. The van der Waals surface area contributed by atoms with Crippen molar-refractivity contribution in [3.63, 3.8) is 0 Å². The van der Waals surface area contributed by atoms with Crippen molar-refractivity contribution in [2.24, 2.45) is 13.0 Å². The minimum atomic E-state index is -0.117. The summed E-state index contributed by atoms with van der Waals surface area (Å²) in [6.45, 7) is 7.84. The smallest absolute Gasteiger partial charge is 0.237 e. The van der Waals surface area contributed by atoms with Crippen molar-refractivity contribution in [1.82, 2.24) is 39.7 Å². The number of amides is 2. The van der Waals surface area contributed by atoms with E-state index in [0.29, 0.717) is 38.6 Å². The lowest BCUT2D eigenvalue weighted by Crippen LogP contribution is -2.42. The molecule has 2 amide bonds. The van der Waals surface area contributed by atoms with Crippen LogP contribution in [0.3, 0.4) is 0 Å². The number of H-pyrrole nitrogens is 1. The van der Waals surface area contributed by atoms with Gasteiger partial charge in [0.2, 0.25) is 11.8 Å². The van der Waals surface area contributed by atoms with Crippen LogP contribution in [0.2, 0.25) is 0 Å². The lowest BCUT2D eigenvalue weighted by molar-refractivity contribution is -0.132. The Balaban J connectivity index is 0.940. The summed E-state index contributed by atoms with van der Waals surface area (Å²) < 4.78 is 1.70. The topological polar surface area (TPSA) is 106 Å². The second kappa shape index (κ2) is 13.4. The fraction of sp³-hybridized carbons (Fsp3) is 0.472. The Bertz CT molecular complexity index is 1770. The summed E-state index contributed by atoms with van der Waals surface area (Å²) in [5, 5.41) is 13.4. The number of benzene rings is 2. The van der Waals surface area contributed by atoms with E-state index in [0.717, 1.165) is 73.3 Å². The third-order valence-electron chi connectivity index (χ3n) is 10.2. The third-order valence-corrected chi connectivity index (χ3v) is 10.2. The van der Waals surface area contributed by atoms with Crippen molar-refractivity contribution in [2.45, 2.75) is 38.5 Å². The van der Waals surface area contributed by atoms with Crippen LogP contribution in [0.15, 0.2) is 54.9 Å². The molecule has 3 aliphatic rings. The fourth-order valence-corrected chi connectivity index (χ4v) is 7.41. The number of piperidine rings is 1. The molecule has 246 valence electrons. The Morgan fingerprint density at radius 1 is 0.979 bits per heavy atom. The SMILES string of the molecule is CCN(C(=O)[C@@H]1CCN(CC(=O)N2CC=C(c3ccc(-c4ncn(C)n4)cc3)CC2)C1)c1ccc2n[nH]c(C3CCN(C)CC3)c2c1. The molecule has 2 fully saturated rings. The lowest BCUT2D eigenvalue weighted by atomic mass is 9.92. The first-order valence-corrected chi connectivity index (χ1v) is 17.0. The molecule has 47 heavy (non-hydrogen) atoms. The van der Waals surface area contributed by atoms with Crippen LogP contribution in [0.25, 0.3) is 27.9 Å². The van der Waals surface area contributed by atoms with E-state index in [2.05, 4.69) is 73.5 Å². The summed E-state index contributed by atoms with van der Waals surface area (Å²) in [5.41, 5.74) is 6.49. The van der Waals surface area contributed by atoms with E-state index in [-0.39, 0.29) is 17.7 Å². The molecule has 0 spiro atoms. The highest BCUT2D eigenvalue weighted by molar-refractivity contribution is 5.98. The van der Waals surface area contributed by atoms with Crippen molar-refractivity contribution in [2.75, 3.05) is 64.3 Å². The summed E-state index contributed by atoms with van der Waals surface area (Å²) in [6, 6.07) is 14.5. The maximum Gasteiger partial charge on any atom is 0.237 e. The predicted molar refractivity (Wildman–Crippen MR) is 184 cm³/mol. The number of likely N-dealkylation sites (tertiary alicyclic amines) is 2. The minimum Gasteiger partial charge on any atom is -0.338 e. The monoisotopic (exact) mass is 635 g/mol. The molecule has 3 aliphatic heterocycles. The van der Waals surface area contributed by atoms with Crippen molar-refractivity contribution < 1.29 is 9.59 Å². The first-order chi connectivity index (χ1) is 22.9. The largest absolute Gasteiger partial charge is 0.338 e. The number of hydrogen-bond donors (Lipinski definition) is 1. The van der Waals surface area contributed by atoms with Gasteiger partial charge in [-0.25, -0.2) is 4.98 Å². The van der Waals surface area contributed by atoms with E-state index in [4.69, 9.17) is 0 Å². The van der Waals surface area contributed by atoms with Gasteiger partial charge in [-0.3, -0.25) is 24.3 Å². The van der Waals surface area contributed by atoms with E-state index in [1.807, 2.05) is 35.9 Å². The zero-order valence-electron chi connectivity index (χ0n) is 27.7.